The molecular formula is C76H105N13O19S6-2. The zero-order valence-corrected chi connectivity index (χ0v) is 70.2. The summed E-state index contributed by atoms with van der Waals surface area (Å²) in [6.07, 6.45) is 18.9. The molecule has 32 nitrogen and oxygen atoms in total. The Balaban J connectivity index is 0.000000587. The maximum Gasteiger partial charge on any atom is 0.267 e. The van der Waals surface area contributed by atoms with Crippen LogP contribution < -0.4 is 41.8 Å². The van der Waals surface area contributed by atoms with E-state index in [1.54, 1.807) is 6.07 Å². The quantitative estimate of drug-likeness (QED) is 0.00632. The molecule has 4 heterocycles. The Morgan fingerprint density at radius 2 is 1.26 bits per heavy atom. The molecule has 0 saturated heterocycles. The van der Waals surface area contributed by atoms with Crippen molar-refractivity contribution in [2.45, 2.75) is 177 Å². The molecule has 1 atom stereocenters. The first-order valence-electron chi connectivity index (χ1n) is 37.9. The second kappa shape index (κ2) is 45.6. The van der Waals surface area contributed by atoms with Crippen LogP contribution in [-0.2, 0) is 102 Å². The molecule has 1 unspecified atom stereocenters. The van der Waals surface area contributed by atoms with Crippen molar-refractivity contribution >= 4 is 132 Å². The van der Waals surface area contributed by atoms with Crippen LogP contribution in [0.4, 0.5) is 26.8 Å². The number of fused-ring (bicyclic) bond motifs is 2. The first kappa shape index (κ1) is 93.4. The van der Waals surface area contributed by atoms with Crippen molar-refractivity contribution in [3.05, 3.63) is 130 Å². The molecule has 9 N–H and O–H groups in total. The predicted octanol–water partition coefficient (Wildman–Crippen LogP) is 8.29. The summed E-state index contributed by atoms with van der Waals surface area (Å²) in [5.41, 5.74) is 17.3. The number of nitrogens with zero attached hydrogens (tertiary/aromatic N) is 6. The largest absolute Gasteiger partial charge is 0.755 e. The van der Waals surface area contributed by atoms with E-state index in [2.05, 4.69) is 146 Å². The average Bonchev–Trinajstić information content (AvgIpc) is 1.59. The number of ketones is 1. The number of allylic oxidation sites excluding steroid dienone is 8. The number of amides is 4. The molecule has 0 radical (unpaired) electrons. The van der Waals surface area contributed by atoms with Crippen LogP contribution in [0.2, 0.25) is 0 Å². The van der Waals surface area contributed by atoms with Crippen LogP contribution in [0.15, 0.2) is 111 Å². The van der Waals surface area contributed by atoms with Crippen molar-refractivity contribution in [1.82, 2.24) is 31.0 Å². The van der Waals surface area contributed by atoms with Gasteiger partial charge in [0.25, 0.3) is 10.0 Å². The number of primary sulfonamides is 1. The van der Waals surface area contributed by atoms with Gasteiger partial charge in [0.2, 0.25) is 49.1 Å². The zero-order chi connectivity index (χ0) is 83.1. The maximum atomic E-state index is 12.9. The zero-order valence-electron chi connectivity index (χ0n) is 65.3. The third-order valence-corrected chi connectivity index (χ3v) is 23.8. The fourth-order valence-electron chi connectivity index (χ4n) is 13.1. The normalized spacial score (nSPS) is 15.6. The summed E-state index contributed by atoms with van der Waals surface area (Å²) in [6.45, 7) is 18.2. The number of hydrogen-bond acceptors (Lipinski definition) is 27. The number of Topliss-reactive ketones (excluding diaryl/α,β-unsaturated/α-hetero) is 1. The van der Waals surface area contributed by atoms with Gasteiger partial charge in [-0.2, -0.15) is 4.58 Å². The lowest BCUT2D eigenvalue weighted by molar-refractivity contribution is -0.438. The number of benzene rings is 3. The topological polar surface area (TPSA) is 481 Å². The highest BCUT2D eigenvalue weighted by atomic mass is 32.2. The number of ether oxygens (including phenoxy) is 4. The van der Waals surface area contributed by atoms with Gasteiger partial charge in [-0.15, -0.1) is 20.4 Å². The molecule has 626 valence electrons. The maximum absolute atomic E-state index is 12.9. The van der Waals surface area contributed by atoms with Gasteiger partial charge in [0, 0.05) is 129 Å². The van der Waals surface area contributed by atoms with E-state index in [0.717, 1.165) is 109 Å². The van der Waals surface area contributed by atoms with E-state index >= 15 is 0 Å². The molecule has 2 aliphatic heterocycles. The van der Waals surface area contributed by atoms with E-state index in [1.165, 1.54) is 40.2 Å². The van der Waals surface area contributed by atoms with Gasteiger partial charge >= 0.3 is 0 Å². The first-order valence-corrected chi connectivity index (χ1v) is 45.1. The molecule has 3 aromatic carbocycles. The number of nitrogens with two attached hydrogens (primary N) is 2. The summed E-state index contributed by atoms with van der Waals surface area (Å²) < 4.78 is 140. The second-order valence-corrected chi connectivity index (χ2v) is 35.6. The Morgan fingerprint density at radius 3 is 1.88 bits per heavy atom. The minimum atomic E-state index is -4.76. The average molecular weight is 1700 g/mol. The smallest absolute Gasteiger partial charge is 0.267 e. The van der Waals surface area contributed by atoms with Gasteiger partial charge in [-0.05, 0) is 136 Å². The SMILES string of the molecule is CCCCCN1C(=CC=C2CCCC(C=CC3=[N+](CCCCS(=O)(=O)[O-])c4ccc(S(=O)(=O)[O-])cc4C3(C)C)=C2c2ccc(CCCCC(=O)CCCOCCOCCNC(=O)CCC(=O)Nc3nnc(S(N)(=O)=O)s3)cc2)C(C)(C)c2cc(C)ccc21.NCCOCCOCCNC(=O)CCC(=O)Nc1nnc(NS(=O)[O-])s1. The van der Waals surface area contributed by atoms with E-state index in [-0.39, 0.29) is 88.6 Å². The number of anilines is 4. The summed E-state index contributed by atoms with van der Waals surface area (Å²) in [4.78, 5) is 62.6. The van der Waals surface area contributed by atoms with Crippen molar-refractivity contribution in [1.29, 1.82) is 0 Å². The number of carbonyl (C=O) groups is 5. The van der Waals surface area contributed by atoms with Crippen molar-refractivity contribution in [3.63, 3.8) is 0 Å². The lowest BCUT2D eigenvalue weighted by atomic mass is 9.79. The highest BCUT2D eigenvalue weighted by Crippen LogP contribution is 2.49. The van der Waals surface area contributed by atoms with Crippen LogP contribution in [-0.4, -0.2) is 195 Å². The van der Waals surface area contributed by atoms with Crippen LogP contribution >= 0.6 is 22.7 Å². The molecule has 1 aliphatic carbocycles. The van der Waals surface area contributed by atoms with E-state index < -0.39 is 68.8 Å². The number of carbonyl (C=O) groups excluding carboxylic acids is 5. The number of nitrogens with one attached hydrogen (secondary N) is 5. The summed E-state index contributed by atoms with van der Waals surface area (Å²) in [7, 11) is -13.2. The minimum Gasteiger partial charge on any atom is -0.755 e. The van der Waals surface area contributed by atoms with Gasteiger partial charge in [0.05, 0.1) is 66.7 Å². The van der Waals surface area contributed by atoms with E-state index in [4.69, 9.17) is 29.8 Å². The van der Waals surface area contributed by atoms with Crippen LogP contribution in [0.5, 0.6) is 0 Å². The van der Waals surface area contributed by atoms with Crippen LogP contribution in [0, 0.1) is 6.92 Å². The standard InChI is InChI=1S/C64H85N7O13S4.C12H22N6O6S2/c1-7-8-11-36-70-54-29-21-45(2)43-52(54)63(3,4)56(70)31-26-47-17-14-18-48(27-32-57-64(5,6)53-44-51(88(80,81)82)28-30-55(53)71(57)37-12-13-42-86(75,76)77)60(47)49-24-22-46(23-25-49)16-9-10-19-50(72)20-15-38-83-40-41-84-39-35-66-58(73)33-34-59(74)67-61-68-69-62(85-61)87(65,78)79;13-3-5-23-7-8-24-6-4-14-9(19)1-2-10(20)15-11-16-17-12(25-11)18-26(21)22/h21-32,43-44H,7-20,33-42H2,1-6H3,(H5-,65,66,67,68,73,74,75,76,77,78,79,80,81,82);1-8,13H2,(H,14,19)(H,17,18)(H,21,22)(H,15,16,20)/p-2. The molecule has 114 heavy (non-hydrogen) atoms. The van der Waals surface area contributed by atoms with Crippen molar-refractivity contribution in [2.24, 2.45) is 10.9 Å². The third kappa shape index (κ3) is 30.4. The van der Waals surface area contributed by atoms with Crippen LogP contribution in [0.1, 0.15) is 172 Å². The van der Waals surface area contributed by atoms with Crippen LogP contribution in [0.3, 0.4) is 0 Å². The number of unbranched alkanes of at least 4 members (excludes halogenated alkanes) is 4. The summed E-state index contributed by atoms with van der Waals surface area (Å²) in [6, 6.07) is 19.9. The highest BCUT2D eigenvalue weighted by Gasteiger charge is 2.45. The summed E-state index contributed by atoms with van der Waals surface area (Å²) in [5, 5.41) is 29.3. The van der Waals surface area contributed by atoms with Gasteiger partial charge in [0.1, 0.15) is 22.4 Å². The fraction of sp³-hybridized carbons (Fsp3) is 0.526. The Labute approximate surface area is 678 Å². The lowest BCUT2D eigenvalue weighted by Crippen LogP contribution is -2.28. The molecule has 5 aromatic rings. The summed E-state index contributed by atoms with van der Waals surface area (Å²) >= 11 is -1.05. The van der Waals surface area contributed by atoms with Gasteiger partial charge < -0.3 is 64.5 Å². The minimum absolute atomic E-state index is 0.0000673. The number of rotatable bonds is 48. The van der Waals surface area contributed by atoms with E-state index in [1.807, 2.05) is 18.6 Å². The molecule has 0 fully saturated rings. The Morgan fingerprint density at radius 1 is 0.649 bits per heavy atom. The number of sulfonamides is 1. The molecule has 0 bridgehead atoms. The van der Waals surface area contributed by atoms with Crippen molar-refractivity contribution < 1.29 is 90.6 Å². The van der Waals surface area contributed by atoms with Gasteiger partial charge in [-0.1, -0.05) is 110 Å². The molecule has 8 rings (SSSR count). The van der Waals surface area contributed by atoms with Gasteiger partial charge in [0.15, 0.2) is 5.71 Å². The van der Waals surface area contributed by atoms with Crippen LogP contribution in [0.25, 0.3) is 5.57 Å². The first-order chi connectivity index (χ1) is 54.2. The summed E-state index contributed by atoms with van der Waals surface area (Å²) in [5.74, 6) is -1.92. The molecule has 4 amide bonds. The van der Waals surface area contributed by atoms with E-state index in [9.17, 15) is 67.1 Å². The molecule has 0 spiro atoms. The molecule has 38 heteroatoms. The fourth-order valence-corrected chi connectivity index (χ4v) is 16.6. The molecule has 2 aromatic heterocycles. The molecule has 0 saturated carbocycles. The predicted molar refractivity (Wildman–Crippen MR) is 434 cm³/mol. The van der Waals surface area contributed by atoms with Crippen molar-refractivity contribution in [2.75, 3.05) is 112 Å². The third-order valence-electron chi connectivity index (χ3n) is 18.8. The Kier molecular flexibility index (Phi) is 37.4. The van der Waals surface area contributed by atoms with Crippen molar-refractivity contribution in [3.8, 4) is 0 Å². The molecular weight excluding hydrogens is 1590 g/mol. The second-order valence-electron chi connectivity index (χ2n) is 28.3. The lowest BCUT2D eigenvalue weighted by Gasteiger charge is -2.28. The number of hydrogen-bond donors (Lipinski definition) is 7. The van der Waals surface area contributed by atoms with Gasteiger partial charge in [-0.25, -0.2) is 30.4 Å². The Hall–Kier alpha value is -7.80. The number of aromatic nitrogens is 4. The van der Waals surface area contributed by atoms with Gasteiger partial charge in [-0.3, -0.25) is 32.9 Å². The number of aryl methyl sites for hydroxylation is 2. The van der Waals surface area contributed by atoms with E-state index in [0.29, 0.717) is 108 Å². The highest BCUT2D eigenvalue weighted by molar-refractivity contribution is 7.91. The monoisotopic (exact) mass is 1700 g/mol. The Bertz CT molecular complexity index is 4660. The molecule has 3 aliphatic rings.